The number of benzene rings is 2. The summed E-state index contributed by atoms with van der Waals surface area (Å²) in [5.74, 6) is -1.65. The molecule has 172 valence electrons. The molecule has 0 aliphatic heterocycles. The minimum atomic E-state index is -0.862. The van der Waals surface area contributed by atoms with Gasteiger partial charge in [0.05, 0.1) is 10.6 Å². The molecule has 0 bridgehead atoms. The number of hydrogen-bond acceptors (Lipinski definition) is 7. The lowest BCUT2D eigenvalue weighted by atomic mass is 10.1. The van der Waals surface area contributed by atoms with Crippen molar-refractivity contribution in [3.05, 3.63) is 83.2 Å². The summed E-state index contributed by atoms with van der Waals surface area (Å²) >= 11 is 1.40. The van der Waals surface area contributed by atoms with Gasteiger partial charge in [-0.3, -0.25) is 9.59 Å². The van der Waals surface area contributed by atoms with Crippen molar-refractivity contribution in [3.8, 4) is 16.4 Å². The molecule has 2 aromatic heterocycles. The van der Waals surface area contributed by atoms with Crippen molar-refractivity contribution in [2.24, 2.45) is 0 Å². The second-order valence-corrected chi connectivity index (χ2v) is 8.05. The molecule has 0 fully saturated rings. The predicted molar refractivity (Wildman–Crippen MR) is 125 cm³/mol. The monoisotopic (exact) mass is 478 g/mol. The largest absolute Gasteiger partial charge is 0.451 e. The highest BCUT2D eigenvalue weighted by Crippen LogP contribution is 2.26. The molecule has 4 rings (SSSR count). The molecule has 0 spiro atoms. The highest BCUT2D eigenvalue weighted by Gasteiger charge is 2.21. The number of amides is 1. The predicted octanol–water partition coefficient (Wildman–Crippen LogP) is 4.52. The number of carbonyl (C=O) groups is 3. The van der Waals surface area contributed by atoms with Gasteiger partial charge in [-0.05, 0) is 60.0 Å². The molecule has 0 atom stereocenters. The van der Waals surface area contributed by atoms with E-state index in [0.29, 0.717) is 29.2 Å². The van der Waals surface area contributed by atoms with E-state index >= 15 is 0 Å². The van der Waals surface area contributed by atoms with Crippen LogP contribution < -0.4 is 5.32 Å². The van der Waals surface area contributed by atoms with E-state index in [2.05, 4.69) is 15.4 Å². The molecule has 1 amide bonds. The third-order valence-electron chi connectivity index (χ3n) is 4.75. The number of halogens is 1. The zero-order valence-corrected chi connectivity index (χ0v) is 18.8. The number of ether oxygens (including phenoxy) is 1. The third-order valence-corrected chi connectivity index (χ3v) is 5.61. The van der Waals surface area contributed by atoms with Gasteiger partial charge in [0, 0.05) is 17.7 Å². The third kappa shape index (κ3) is 5.24. The number of nitrogens with zero attached hydrogens (tertiary/aromatic N) is 3. The molecule has 0 aliphatic carbocycles. The van der Waals surface area contributed by atoms with Gasteiger partial charge in [-0.25, -0.2) is 13.9 Å². The van der Waals surface area contributed by atoms with Crippen LogP contribution in [0.5, 0.6) is 0 Å². The van der Waals surface area contributed by atoms with E-state index in [1.54, 1.807) is 19.1 Å². The Morgan fingerprint density at radius 1 is 1.06 bits per heavy atom. The molecule has 8 nitrogen and oxygen atoms in total. The van der Waals surface area contributed by atoms with Gasteiger partial charge in [0.15, 0.2) is 18.2 Å². The van der Waals surface area contributed by atoms with E-state index < -0.39 is 24.2 Å². The van der Waals surface area contributed by atoms with Crippen LogP contribution in [0.1, 0.15) is 34.3 Å². The number of hydrogen-bond donors (Lipinski definition) is 1. The molecule has 10 heteroatoms. The van der Waals surface area contributed by atoms with Crippen LogP contribution in [0.3, 0.4) is 0 Å². The summed E-state index contributed by atoms with van der Waals surface area (Å²) in [5, 5.41) is 8.77. The van der Waals surface area contributed by atoms with Crippen LogP contribution in [0.2, 0.25) is 0 Å². The van der Waals surface area contributed by atoms with Crippen molar-refractivity contribution in [1.29, 1.82) is 0 Å². The number of esters is 1. The van der Waals surface area contributed by atoms with Crippen molar-refractivity contribution in [2.75, 3.05) is 11.9 Å². The Hall–Kier alpha value is -4.18. The summed E-state index contributed by atoms with van der Waals surface area (Å²) in [6.07, 6.45) is 0.343. The summed E-state index contributed by atoms with van der Waals surface area (Å²) in [5.41, 5.74) is 1.41. The van der Waals surface area contributed by atoms with Crippen LogP contribution in [0, 0.1) is 5.82 Å². The van der Waals surface area contributed by atoms with Crippen LogP contribution in [0.4, 0.5) is 10.1 Å². The molecule has 2 heterocycles. The number of aromatic nitrogens is 3. The number of anilines is 1. The summed E-state index contributed by atoms with van der Waals surface area (Å²) in [7, 11) is 0. The van der Waals surface area contributed by atoms with Crippen molar-refractivity contribution >= 4 is 34.7 Å². The average Bonchev–Trinajstić information content (AvgIpc) is 3.53. The minimum Gasteiger partial charge on any atom is -0.451 e. The van der Waals surface area contributed by atoms with Gasteiger partial charge in [0.2, 0.25) is 5.91 Å². The van der Waals surface area contributed by atoms with Gasteiger partial charge in [-0.1, -0.05) is 13.0 Å². The zero-order chi connectivity index (χ0) is 24.1. The first-order chi connectivity index (χ1) is 16.4. The first-order valence-electron chi connectivity index (χ1n) is 10.3. The van der Waals surface area contributed by atoms with E-state index in [-0.39, 0.29) is 11.7 Å². The van der Waals surface area contributed by atoms with Crippen LogP contribution in [0.25, 0.3) is 16.4 Å². The Labute approximate surface area is 198 Å². The molecule has 0 radical (unpaired) electrons. The maximum atomic E-state index is 13.4. The molecule has 0 saturated carbocycles. The smallest absolute Gasteiger partial charge is 0.378 e. The molecule has 2 aromatic carbocycles. The highest BCUT2D eigenvalue weighted by molar-refractivity contribution is 7.13. The Bertz CT molecular complexity index is 1320. The topological polar surface area (TPSA) is 103 Å². The summed E-state index contributed by atoms with van der Waals surface area (Å²) < 4.78 is 19.9. The lowest BCUT2D eigenvalue weighted by Gasteiger charge is -2.05. The Morgan fingerprint density at radius 3 is 2.44 bits per heavy atom. The maximum absolute atomic E-state index is 13.4. The SMILES string of the molecule is CCC(=O)Nc1ccc(C(=O)COC(=O)c2nc(-c3cccs3)n(-c3ccc(F)cc3)n2)cc1. The fourth-order valence-corrected chi connectivity index (χ4v) is 3.69. The van der Waals surface area contributed by atoms with Gasteiger partial charge >= 0.3 is 5.97 Å². The van der Waals surface area contributed by atoms with Gasteiger partial charge < -0.3 is 10.1 Å². The number of thiophene rings is 1. The molecular weight excluding hydrogens is 459 g/mol. The normalized spacial score (nSPS) is 10.6. The van der Waals surface area contributed by atoms with Crippen LogP contribution in [-0.4, -0.2) is 39.0 Å². The molecule has 0 saturated heterocycles. The van der Waals surface area contributed by atoms with Crippen LogP contribution in [0.15, 0.2) is 66.0 Å². The van der Waals surface area contributed by atoms with E-state index in [0.717, 1.165) is 4.88 Å². The molecule has 0 unspecified atom stereocenters. The van der Waals surface area contributed by atoms with Gasteiger partial charge in [0.25, 0.3) is 5.82 Å². The van der Waals surface area contributed by atoms with Crippen molar-refractivity contribution in [3.63, 3.8) is 0 Å². The molecular formula is C24H19FN4O4S. The summed E-state index contributed by atoms with van der Waals surface area (Å²) in [6.45, 7) is 1.24. The van der Waals surface area contributed by atoms with Crippen LogP contribution >= 0.6 is 11.3 Å². The fraction of sp³-hybridized carbons (Fsp3) is 0.125. The number of carbonyl (C=O) groups excluding carboxylic acids is 3. The highest BCUT2D eigenvalue weighted by atomic mass is 32.1. The Morgan fingerprint density at radius 2 is 1.79 bits per heavy atom. The standard InChI is InChI=1S/C24H19FN4O4S/c1-2-21(31)26-17-9-5-15(6-10-17)19(30)14-33-24(32)22-27-23(20-4-3-13-34-20)29(28-22)18-11-7-16(25)8-12-18/h3-13H,2,14H2,1H3,(H,26,31). The second kappa shape index (κ2) is 10.2. The van der Waals surface area contributed by atoms with E-state index in [4.69, 9.17) is 4.74 Å². The number of nitrogens with one attached hydrogen (secondary N) is 1. The average molecular weight is 479 g/mol. The molecule has 34 heavy (non-hydrogen) atoms. The molecule has 0 aliphatic rings. The maximum Gasteiger partial charge on any atom is 0.378 e. The summed E-state index contributed by atoms with van der Waals surface area (Å²) in [6, 6.07) is 15.5. The number of Topliss-reactive ketones (excluding diaryl/α,β-unsaturated/α-hetero) is 1. The quantitative estimate of drug-likeness (QED) is 0.295. The lowest BCUT2D eigenvalue weighted by Crippen LogP contribution is -2.16. The van der Waals surface area contributed by atoms with Crippen molar-refractivity contribution in [1.82, 2.24) is 14.8 Å². The van der Waals surface area contributed by atoms with Crippen molar-refractivity contribution in [2.45, 2.75) is 13.3 Å². The van der Waals surface area contributed by atoms with Gasteiger partial charge in [-0.15, -0.1) is 16.4 Å². The zero-order valence-electron chi connectivity index (χ0n) is 18.0. The van der Waals surface area contributed by atoms with E-state index in [1.165, 1.54) is 52.4 Å². The van der Waals surface area contributed by atoms with Crippen LogP contribution in [-0.2, 0) is 9.53 Å². The Kier molecular flexibility index (Phi) is 6.88. The summed E-state index contributed by atoms with van der Waals surface area (Å²) in [4.78, 5) is 41.5. The second-order valence-electron chi connectivity index (χ2n) is 7.10. The lowest BCUT2D eigenvalue weighted by molar-refractivity contribution is -0.115. The first kappa shape index (κ1) is 23.0. The van der Waals surface area contributed by atoms with Gasteiger partial charge in [-0.2, -0.15) is 4.98 Å². The van der Waals surface area contributed by atoms with Gasteiger partial charge in [0.1, 0.15) is 5.82 Å². The molecule has 1 N–H and O–H groups in total. The fourth-order valence-electron chi connectivity index (χ4n) is 2.99. The number of ketones is 1. The Balaban J connectivity index is 1.48. The van der Waals surface area contributed by atoms with E-state index in [1.807, 2.05) is 17.5 Å². The number of rotatable bonds is 8. The van der Waals surface area contributed by atoms with Crippen molar-refractivity contribution < 1.29 is 23.5 Å². The minimum absolute atomic E-state index is 0.137. The first-order valence-corrected chi connectivity index (χ1v) is 11.2. The molecule has 4 aromatic rings. The van der Waals surface area contributed by atoms with E-state index in [9.17, 15) is 18.8 Å².